The largest absolute Gasteiger partial charge is 0.489 e. The Kier molecular flexibility index (Phi) is 5.74. The van der Waals surface area contributed by atoms with Gasteiger partial charge < -0.3 is 10.1 Å². The van der Waals surface area contributed by atoms with E-state index in [1.165, 1.54) is 0 Å². The van der Waals surface area contributed by atoms with E-state index in [0.29, 0.717) is 29.0 Å². The summed E-state index contributed by atoms with van der Waals surface area (Å²) < 4.78 is 7.76. The van der Waals surface area contributed by atoms with Crippen LogP contribution in [0.15, 0.2) is 60.7 Å². The van der Waals surface area contributed by atoms with Gasteiger partial charge in [-0.1, -0.05) is 59.6 Å². The van der Waals surface area contributed by atoms with Gasteiger partial charge in [-0.15, -0.1) is 10.2 Å². The summed E-state index contributed by atoms with van der Waals surface area (Å²) in [7, 11) is 0. The number of anilines is 1. The van der Waals surface area contributed by atoms with Gasteiger partial charge >= 0.3 is 0 Å². The van der Waals surface area contributed by atoms with Gasteiger partial charge in [0.1, 0.15) is 18.2 Å². The lowest BCUT2D eigenvalue weighted by molar-refractivity contribution is -0.116. The first-order chi connectivity index (χ1) is 16.0. The number of aromatic nitrogens is 4. The number of hydrogen-bond donors (Lipinski definition) is 1. The highest BCUT2D eigenvalue weighted by Gasteiger charge is 2.34. The number of para-hydroxylation sites is 1. The summed E-state index contributed by atoms with van der Waals surface area (Å²) in [5.41, 5.74) is 3.50. The summed E-state index contributed by atoms with van der Waals surface area (Å²) >= 11 is 12.2. The minimum absolute atomic E-state index is 0.114. The van der Waals surface area contributed by atoms with E-state index in [1.807, 2.05) is 55.5 Å². The van der Waals surface area contributed by atoms with Gasteiger partial charge in [0, 0.05) is 34.1 Å². The number of ether oxygens (including phenoxy) is 1. The first kappa shape index (κ1) is 21.4. The molecular weight excluding hydrogens is 461 g/mol. The van der Waals surface area contributed by atoms with Crippen LogP contribution in [-0.4, -0.2) is 25.9 Å². The fraction of sp³-hybridized carbons (Fsp3) is 0.167. The Morgan fingerprint density at radius 1 is 1.06 bits per heavy atom. The van der Waals surface area contributed by atoms with E-state index < -0.39 is 0 Å². The van der Waals surface area contributed by atoms with Gasteiger partial charge in [-0.3, -0.25) is 4.79 Å². The Labute approximate surface area is 200 Å². The Hall–Kier alpha value is -3.42. The van der Waals surface area contributed by atoms with E-state index in [0.717, 1.165) is 22.4 Å². The molecule has 0 radical (unpaired) electrons. The van der Waals surface area contributed by atoms with Gasteiger partial charge in [-0.05, 0) is 31.2 Å². The molecule has 2 aromatic heterocycles. The Morgan fingerprint density at radius 2 is 1.85 bits per heavy atom. The second-order valence-electron chi connectivity index (χ2n) is 7.70. The van der Waals surface area contributed by atoms with Crippen molar-refractivity contribution in [3.63, 3.8) is 0 Å². The zero-order valence-electron chi connectivity index (χ0n) is 17.6. The Balaban J connectivity index is 1.54. The quantitative estimate of drug-likeness (QED) is 0.418. The van der Waals surface area contributed by atoms with Crippen molar-refractivity contribution in [1.82, 2.24) is 20.0 Å². The molecule has 0 saturated carbocycles. The predicted octanol–water partition coefficient (Wildman–Crippen LogP) is 5.33. The number of nitrogens with one attached hydrogen (secondary N) is 1. The fourth-order valence-corrected chi connectivity index (χ4v) is 4.36. The summed E-state index contributed by atoms with van der Waals surface area (Å²) in [5, 5.41) is 16.5. The third kappa shape index (κ3) is 4.17. The molecule has 0 saturated heterocycles. The lowest BCUT2D eigenvalue weighted by atomic mass is 9.85. The molecule has 0 spiro atoms. The third-order valence-electron chi connectivity index (χ3n) is 5.57. The van der Waals surface area contributed by atoms with Crippen LogP contribution in [0.5, 0.6) is 5.75 Å². The third-order valence-corrected chi connectivity index (χ3v) is 6.14. The molecule has 1 aliphatic heterocycles. The zero-order chi connectivity index (χ0) is 22.9. The molecular formula is C24H19Cl2N5O2. The average molecular weight is 480 g/mol. The molecule has 4 aromatic rings. The molecule has 1 N–H and O–H groups in total. The van der Waals surface area contributed by atoms with E-state index in [1.54, 1.807) is 16.8 Å². The molecule has 0 bridgehead atoms. The van der Waals surface area contributed by atoms with E-state index in [-0.39, 0.29) is 23.4 Å². The van der Waals surface area contributed by atoms with E-state index in [4.69, 9.17) is 27.9 Å². The van der Waals surface area contributed by atoms with Crippen molar-refractivity contribution in [1.29, 1.82) is 0 Å². The SMILES string of the molecule is Cc1nn(-c2ccc(Cl)nn2)c2c1[C@H](c1ccccc1OCc1ccccc1Cl)CC(=O)N2. The van der Waals surface area contributed by atoms with Crippen LogP contribution >= 0.6 is 23.2 Å². The van der Waals surface area contributed by atoms with Crippen LogP contribution in [-0.2, 0) is 11.4 Å². The summed E-state index contributed by atoms with van der Waals surface area (Å²) in [5.74, 6) is 1.39. The number of benzene rings is 2. The summed E-state index contributed by atoms with van der Waals surface area (Å²) in [4.78, 5) is 12.7. The second kappa shape index (κ2) is 8.84. The van der Waals surface area contributed by atoms with Crippen molar-refractivity contribution in [3.05, 3.63) is 93.2 Å². The van der Waals surface area contributed by atoms with Gasteiger partial charge in [-0.2, -0.15) is 9.78 Å². The van der Waals surface area contributed by atoms with Crippen molar-refractivity contribution in [3.8, 4) is 11.6 Å². The minimum atomic E-state index is -0.231. The highest BCUT2D eigenvalue weighted by atomic mass is 35.5. The molecule has 0 aliphatic carbocycles. The van der Waals surface area contributed by atoms with Crippen molar-refractivity contribution >= 4 is 34.9 Å². The molecule has 33 heavy (non-hydrogen) atoms. The number of halogens is 2. The van der Waals surface area contributed by atoms with Crippen LogP contribution in [0.25, 0.3) is 5.82 Å². The van der Waals surface area contributed by atoms with Crippen LogP contribution in [0.4, 0.5) is 5.82 Å². The van der Waals surface area contributed by atoms with Gasteiger partial charge in [0.25, 0.3) is 0 Å². The first-order valence-electron chi connectivity index (χ1n) is 10.4. The summed E-state index contributed by atoms with van der Waals surface area (Å²) in [6.45, 7) is 2.23. The summed E-state index contributed by atoms with van der Waals surface area (Å²) in [6, 6.07) is 18.6. The van der Waals surface area contributed by atoms with Crippen LogP contribution in [0.3, 0.4) is 0 Å². The standard InChI is InChI=1S/C24H19Cl2N5O2/c1-14-23-17(12-22(32)27-24(23)31(30-14)21-11-10-20(26)28-29-21)16-7-3-5-9-19(16)33-13-15-6-2-4-8-18(15)25/h2-11,17H,12-13H2,1H3,(H,27,32)/t17-/m0/s1. The Morgan fingerprint density at radius 3 is 2.64 bits per heavy atom. The number of hydrogen-bond acceptors (Lipinski definition) is 5. The van der Waals surface area contributed by atoms with Crippen LogP contribution in [0.1, 0.15) is 34.7 Å². The molecule has 0 fully saturated rings. The molecule has 3 heterocycles. The fourth-order valence-electron chi connectivity index (χ4n) is 4.07. The minimum Gasteiger partial charge on any atom is -0.489 e. The number of carbonyl (C=O) groups is 1. The second-order valence-corrected chi connectivity index (χ2v) is 8.49. The Bertz CT molecular complexity index is 1340. The molecule has 9 heteroatoms. The van der Waals surface area contributed by atoms with E-state index >= 15 is 0 Å². The number of aryl methyl sites for hydroxylation is 1. The predicted molar refractivity (Wildman–Crippen MR) is 126 cm³/mol. The molecule has 1 aliphatic rings. The maximum atomic E-state index is 12.7. The highest BCUT2D eigenvalue weighted by molar-refractivity contribution is 6.31. The molecule has 0 unspecified atom stereocenters. The highest BCUT2D eigenvalue weighted by Crippen LogP contribution is 2.43. The van der Waals surface area contributed by atoms with Crippen molar-refractivity contribution in [2.75, 3.05) is 5.32 Å². The van der Waals surface area contributed by atoms with Crippen molar-refractivity contribution in [2.24, 2.45) is 0 Å². The van der Waals surface area contributed by atoms with E-state index in [2.05, 4.69) is 20.6 Å². The number of nitrogens with zero attached hydrogens (tertiary/aromatic N) is 4. The van der Waals surface area contributed by atoms with Crippen molar-refractivity contribution in [2.45, 2.75) is 25.9 Å². The van der Waals surface area contributed by atoms with Gasteiger partial charge in [0.2, 0.25) is 5.91 Å². The molecule has 166 valence electrons. The molecule has 1 amide bonds. The normalized spacial score (nSPS) is 15.1. The van der Waals surface area contributed by atoms with Gasteiger partial charge in [0.05, 0.1) is 5.69 Å². The zero-order valence-corrected chi connectivity index (χ0v) is 19.1. The lowest BCUT2D eigenvalue weighted by Gasteiger charge is -2.26. The van der Waals surface area contributed by atoms with Gasteiger partial charge in [0.15, 0.2) is 11.0 Å². The van der Waals surface area contributed by atoms with E-state index in [9.17, 15) is 4.79 Å². The molecule has 7 nitrogen and oxygen atoms in total. The van der Waals surface area contributed by atoms with Crippen molar-refractivity contribution < 1.29 is 9.53 Å². The molecule has 5 rings (SSSR count). The first-order valence-corrected chi connectivity index (χ1v) is 11.1. The van der Waals surface area contributed by atoms with Crippen LogP contribution in [0, 0.1) is 6.92 Å². The monoisotopic (exact) mass is 479 g/mol. The van der Waals surface area contributed by atoms with Crippen LogP contribution in [0.2, 0.25) is 10.2 Å². The average Bonchev–Trinajstić information content (AvgIpc) is 3.15. The molecule has 2 aromatic carbocycles. The number of carbonyl (C=O) groups excluding carboxylic acids is 1. The van der Waals surface area contributed by atoms with Gasteiger partial charge in [-0.25, -0.2) is 0 Å². The summed E-state index contributed by atoms with van der Waals surface area (Å²) in [6.07, 6.45) is 0.276. The number of fused-ring (bicyclic) bond motifs is 1. The maximum Gasteiger partial charge on any atom is 0.226 e. The lowest BCUT2D eigenvalue weighted by Crippen LogP contribution is -2.25. The molecule has 1 atom stereocenters. The number of rotatable bonds is 5. The topological polar surface area (TPSA) is 81.9 Å². The smallest absolute Gasteiger partial charge is 0.226 e. The number of amides is 1. The van der Waals surface area contributed by atoms with Crippen LogP contribution < -0.4 is 10.1 Å². The maximum absolute atomic E-state index is 12.7.